The summed E-state index contributed by atoms with van der Waals surface area (Å²) in [6, 6.07) is 14.3. The second kappa shape index (κ2) is 7.37. The molecule has 0 bridgehead atoms. The molecule has 0 aliphatic carbocycles. The smallest absolute Gasteiger partial charge is 0.285 e. The number of halogens is 2. The Balaban J connectivity index is 1.74. The molecule has 0 N–H and O–H groups in total. The average Bonchev–Trinajstić information content (AvgIpc) is 3.12. The van der Waals surface area contributed by atoms with Crippen LogP contribution in [0.1, 0.15) is 5.69 Å². The van der Waals surface area contributed by atoms with Crippen LogP contribution in [0.5, 0.6) is 5.75 Å². The molecule has 0 fully saturated rings. The third-order valence-electron chi connectivity index (χ3n) is 5.10. The van der Waals surface area contributed by atoms with E-state index in [9.17, 15) is 4.79 Å². The van der Waals surface area contributed by atoms with Crippen LogP contribution in [-0.4, -0.2) is 31.5 Å². The van der Waals surface area contributed by atoms with E-state index in [1.807, 2.05) is 31.2 Å². The van der Waals surface area contributed by atoms with Gasteiger partial charge in [-0.3, -0.25) is 9.36 Å². The number of nitrogens with zero attached hydrogens (tertiary/aromatic N) is 5. The van der Waals surface area contributed by atoms with Crippen LogP contribution in [0.4, 0.5) is 0 Å². The van der Waals surface area contributed by atoms with Gasteiger partial charge in [-0.1, -0.05) is 35.3 Å². The highest BCUT2D eigenvalue weighted by atomic mass is 35.5. The second-order valence-electron chi connectivity index (χ2n) is 6.94. The molecule has 2 aromatic carbocycles. The van der Waals surface area contributed by atoms with Crippen molar-refractivity contribution in [1.29, 1.82) is 0 Å². The van der Waals surface area contributed by atoms with Gasteiger partial charge in [0.2, 0.25) is 0 Å². The number of fused-ring (bicyclic) bond motifs is 3. The van der Waals surface area contributed by atoms with E-state index >= 15 is 0 Å². The summed E-state index contributed by atoms with van der Waals surface area (Å²) >= 11 is 12.4. The van der Waals surface area contributed by atoms with E-state index in [-0.39, 0.29) is 11.1 Å². The number of methoxy groups -OCH3 is 1. The van der Waals surface area contributed by atoms with Crippen LogP contribution in [0.3, 0.4) is 0 Å². The monoisotopic (exact) mass is 451 g/mol. The van der Waals surface area contributed by atoms with Crippen LogP contribution < -0.4 is 10.3 Å². The maximum absolute atomic E-state index is 13.2. The summed E-state index contributed by atoms with van der Waals surface area (Å²) in [4.78, 5) is 13.2. The van der Waals surface area contributed by atoms with Crippen LogP contribution in [-0.2, 0) is 0 Å². The topological polar surface area (TPSA) is 74.3 Å². The van der Waals surface area contributed by atoms with Crippen molar-refractivity contribution in [2.45, 2.75) is 6.92 Å². The fraction of sp³-hybridized carbons (Fsp3) is 0.0909. The maximum atomic E-state index is 13.2. The lowest BCUT2D eigenvalue weighted by Gasteiger charge is -2.09. The number of aromatic nitrogens is 5. The predicted octanol–water partition coefficient (Wildman–Crippen LogP) is 4.72. The summed E-state index contributed by atoms with van der Waals surface area (Å²) < 4.78 is 8.28. The zero-order valence-electron chi connectivity index (χ0n) is 16.5. The van der Waals surface area contributed by atoms with Gasteiger partial charge in [0.1, 0.15) is 11.3 Å². The molecule has 0 unspecified atom stereocenters. The molecule has 0 saturated carbocycles. The predicted molar refractivity (Wildman–Crippen MR) is 121 cm³/mol. The lowest BCUT2D eigenvalue weighted by atomic mass is 10.1. The van der Waals surface area contributed by atoms with Crippen molar-refractivity contribution < 1.29 is 4.74 Å². The molecule has 5 rings (SSSR count). The van der Waals surface area contributed by atoms with Crippen LogP contribution in [0.2, 0.25) is 10.0 Å². The standard InChI is InChI=1S/C22H15Cl2N5O2/c1-12-19(13-3-6-15(31-2)7-4-13)21-26-25-20-17(29(21)27-12)9-10-28(22(20)30)18-11-14(23)5-8-16(18)24/h3-11H,1-2H3. The Hall–Kier alpha value is -3.42. The Kier molecular flexibility index (Phi) is 4.64. The van der Waals surface area contributed by atoms with Crippen LogP contribution in [0.15, 0.2) is 59.5 Å². The summed E-state index contributed by atoms with van der Waals surface area (Å²) in [5, 5.41) is 14.1. The minimum Gasteiger partial charge on any atom is -0.497 e. The van der Waals surface area contributed by atoms with E-state index in [2.05, 4.69) is 15.3 Å². The second-order valence-corrected chi connectivity index (χ2v) is 7.79. The van der Waals surface area contributed by atoms with E-state index in [4.69, 9.17) is 27.9 Å². The first kappa shape index (κ1) is 19.5. The van der Waals surface area contributed by atoms with E-state index < -0.39 is 0 Å². The summed E-state index contributed by atoms with van der Waals surface area (Å²) in [6.07, 6.45) is 1.63. The Morgan fingerprint density at radius 3 is 2.52 bits per heavy atom. The molecule has 9 heteroatoms. The number of benzene rings is 2. The van der Waals surface area contributed by atoms with Gasteiger partial charge in [-0.2, -0.15) is 5.10 Å². The molecule has 154 valence electrons. The SMILES string of the molecule is COc1ccc(-c2c(C)nn3c2nnc2c(=O)n(-c4cc(Cl)ccc4Cl)ccc23)cc1. The highest BCUT2D eigenvalue weighted by Crippen LogP contribution is 2.30. The zero-order valence-corrected chi connectivity index (χ0v) is 18.0. The Labute approximate surface area is 186 Å². The number of rotatable bonds is 3. The molecule has 3 heterocycles. The Bertz CT molecular complexity index is 1520. The van der Waals surface area contributed by atoms with Crippen molar-refractivity contribution in [3.63, 3.8) is 0 Å². The maximum Gasteiger partial charge on any atom is 0.285 e. The van der Waals surface area contributed by atoms with E-state index in [0.717, 1.165) is 22.6 Å². The average molecular weight is 452 g/mol. The quantitative estimate of drug-likeness (QED) is 0.396. The molecular weight excluding hydrogens is 437 g/mol. The normalized spacial score (nSPS) is 11.4. The van der Waals surface area contributed by atoms with Gasteiger partial charge < -0.3 is 4.74 Å². The number of aryl methyl sites for hydroxylation is 1. The summed E-state index contributed by atoms with van der Waals surface area (Å²) in [5.41, 5.74) is 3.94. The van der Waals surface area contributed by atoms with Gasteiger partial charge in [-0.25, -0.2) is 4.52 Å². The highest BCUT2D eigenvalue weighted by Gasteiger charge is 2.18. The first-order valence-electron chi connectivity index (χ1n) is 9.35. The first-order valence-corrected chi connectivity index (χ1v) is 10.1. The minimum absolute atomic E-state index is 0.176. The number of pyridine rings is 1. The van der Waals surface area contributed by atoms with Crippen molar-refractivity contribution in [3.8, 4) is 22.6 Å². The molecule has 0 saturated heterocycles. The molecular formula is C22H15Cl2N5O2. The van der Waals surface area contributed by atoms with Crippen molar-refractivity contribution in [2.75, 3.05) is 7.11 Å². The minimum atomic E-state index is -0.366. The van der Waals surface area contributed by atoms with Crippen molar-refractivity contribution in [1.82, 2.24) is 24.4 Å². The number of hydrogen-bond donors (Lipinski definition) is 0. The first-order chi connectivity index (χ1) is 15.0. The van der Waals surface area contributed by atoms with Gasteiger partial charge >= 0.3 is 0 Å². The van der Waals surface area contributed by atoms with Crippen LogP contribution in [0, 0.1) is 6.92 Å². The molecule has 5 aromatic rings. The summed E-state index contributed by atoms with van der Waals surface area (Å²) in [5.74, 6) is 0.759. The van der Waals surface area contributed by atoms with Crippen molar-refractivity contribution >= 4 is 39.9 Å². The van der Waals surface area contributed by atoms with Crippen molar-refractivity contribution in [2.24, 2.45) is 0 Å². The third-order valence-corrected chi connectivity index (χ3v) is 5.66. The van der Waals surface area contributed by atoms with Gasteiger partial charge in [0.05, 0.1) is 29.1 Å². The van der Waals surface area contributed by atoms with Crippen molar-refractivity contribution in [3.05, 3.63) is 80.8 Å². The molecule has 0 spiro atoms. The van der Waals surface area contributed by atoms with E-state index in [1.165, 1.54) is 4.57 Å². The van der Waals surface area contributed by atoms with E-state index in [0.29, 0.717) is 26.9 Å². The van der Waals surface area contributed by atoms with E-state index in [1.54, 1.807) is 42.1 Å². The lowest BCUT2D eigenvalue weighted by molar-refractivity contribution is 0.415. The van der Waals surface area contributed by atoms with Gasteiger partial charge in [-0.15, -0.1) is 10.2 Å². The molecule has 3 aromatic heterocycles. The fourth-order valence-corrected chi connectivity index (χ4v) is 3.98. The van der Waals surface area contributed by atoms with Gasteiger partial charge in [0.25, 0.3) is 5.56 Å². The molecule has 0 aliphatic rings. The lowest BCUT2D eigenvalue weighted by Crippen LogP contribution is -2.20. The molecule has 0 atom stereocenters. The fourth-order valence-electron chi connectivity index (χ4n) is 3.61. The molecule has 31 heavy (non-hydrogen) atoms. The Morgan fingerprint density at radius 1 is 1.00 bits per heavy atom. The molecule has 7 nitrogen and oxygen atoms in total. The van der Waals surface area contributed by atoms with Crippen LogP contribution >= 0.6 is 23.2 Å². The highest BCUT2D eigenvalue weighted by molar-refractivity contribution is 6.34. The summed E-state index contributed by atoms with van der Waals surface area (Å²) in [6.45, 7) is 1.90. The summed E-state index contributed by atoms with van der Waals surface area (Å²) in [7, 11) is 1.62. The molecule has 0 aliphatic heterocycles. The zero-order chi connectivity index (χ0) is 21.7. The number of hydrogen-bond acceptors (Lipinski definition) is 5. The molecule has 0 radical (unpaired) electrons. The largest absolute Gasteiger partial charge is 0.497 e. The van der Waals surface area contributed by atoms with Crippen LogP contribution in [0.25, 0.3) is 33.5 Å². The van der Waals surface area contributed by atoms with Gasteiger partial charge in [-0.05, 0) is 48.9 Å². The Morgan fingerprint density at radius 2 is 1.77 bits per heavy atom. The third kappa shape index (κ3) is 3.13. The molecule has 0 amide bonds. The van der Waals surface area contributed by atoms with Gasteiger partial charge in [0, 0.05) is 11.2 Å². The van der Waals surface area contributed by atoms with Gasteiger partial charge in [0.15, 0.2) is 11.2 Å². The number of ether oxygens (including phenoxy) is 1.